The number of nitrogens with one attached hydrogen (secondary N) is 1. The van der Waals surface area contributed by atoms with Gasteiger partial charge in [-0.25, -0.2) is 0 Å². The lowest BCUT2D eigenvalue weighted by molar-refractivity contribution is 0.183. The van der Waals surface area contributed by atoms with E-state index in [1.807, 2.05) is 0 Å². The van der Waals surface area contributed by atoms with Crippen molar-refractivity contribution < 1.29 is 4.74 Å². The second kappa shape index (κ2) is 6.06. The van der Waals surface area contributed by atoms with Crippen molar-refractivity contribution in [3.63, 3.8) is 0 Å². The van der Waals surface area contributed by atoms with Crippen LogP contribution in [0.2, 0.25) is 0 Å². The van der Waals surface area contributed by atoms with Gasteiger partial charge in [-0.15, -0.1) is 0 Å². The number of hydrogen-bond donors (Lipinski definition) is 1. The molecule has 2 fully saturated rings. The third-order valence-corrected chi connectivity index (χ3v) is 4.70. The summed E-state index contributed by atoms with van der Waals surface area (Å²) in [5, 5.41) is 3.70. The van der Waals surface area contributed by atoms with E-state index in [1.54, 1.807) is 0 Å². The normalized spacial score (nSPS) is 30.3. The fourth-order valence-corrected chi connectivity index (χ4v) is 3.20. The van der Waals surface area contributed by atoms with Crippen molar-refractivity contribution in [2.45, 2.75) is 44.6 Å². The van der Waals surface area contributed by atoms with E-state index in [0.717, 1.165) is 31.1 Å². The molecule has 1 aliphatic carbocycles. The van der Waals surface area contributed by atoms with Crippen LogP contribution in [-0.4, -0.2) is 25.8 Å². The van der Waals surface area contributed by atoms with E-state index in [9.17, 15) is 0 Å². The van der Waals surface area contributed by atoms with Gasteiger partial charge < -0.3 is 10.1 Å². The largest absolute Gasteiger partial charge is 0.381 e. The zero-order valence-corrected chi connectivity index (χ0v) is 11.9. The summed E-state index contributed by atoms with van der Waals surface area (Å²) in [6.45, 7) is 5.28. The number of aryl methyl sites for hydroxylation is 1. The van der Waals surface area contributed by atoms with Crippen molar-refractivity contribution in [1.29, 1.82) is 0 Å². The molecule has 104 valence electrons. The SMILES string of the molecule is Cc1ccc(C2CC(NCCC3CCOC3)C2)cc1. The molecule has 2 nitrogen and oxygen atoms in total. The molecule has 0 radical (unpaired) electrons. The second-order valence-corrected chi connectivity index (χ2v) is 6.25. The summed E-state index contributed by atoms with van der Waals surface area (Å²) in [6.07, 6.45) is 5.17. The molecular weight excluding hydrogens is 234 g/mol. The van der Waals surface area contributed by atoms with Crippen molar-refractivity contribution in [2.75, 3.05) is 19.8 Å². The molecule has 2 heteroatoms. The highest BCUT2D eigenvalue weighted by Crippen LogP contribution is 2.36. The van der Waals surface area contributed by atoms with Gasteiger partial charge in [0, 0.05) is 19.3 Å². The van der Waals surface area contributed by atoms with Gasteiger partial charge in [0.1, 0.15) is 0 Å². The summed E-state index contributed by atoms with van der Waals surface area (Å²) in [4.78, 5) is 0. The van der Waals surface area contributed by atoms with Gasteiger partial charge in [-0.2, -0.15) is 0 Å². The standard InChI is InChI=1S/C17H25NO/c1-13-2-4-15(5-3-13)16-10-17(11-16)18-8-6-14-7-9-19-12-14/h2-5,14,16-18H,6-12H2,1H3. The molecule has 1 unspecified atom stereocenters. The Morgan fingerprint density at radius 1 is 1.21 bits per heavy atom. The minimum absolute atomic E-state index is 0.744. The van der Waals surface area contributed by atoms with Gasteiger partial charge in [0.2, 0.25) is 0 Å². The minimum Gasteiger partial charge on any atom is -0.381 e. The minimum atomic E-state index is 0.744. The zero-order chi connectivity index (χ0) is 13.1. The Morgan fingerprint density at radius 3 is 2.68 bits per heavy atom. The van der Waals surface area contributed by atoms with Crippen LogP contribution in [0.4, 0.5) is 0 Å². The van der Waals surface area contributed by atoms with E-state index < -0.39 is 0 Å². The molecule has 0 bridgehead atoms. The maximum absolute atomic E-state index is 5.41. The molecule has 1 aromatic rings. The Morgan fingerprint density at radius 2 is 2.00 bits per heavy atom. The third kappa shape index (κ3) is 3.37. The summed E-state index contributed by atoms with van der Waals surface area (Å²) in [7, 11) is 0. The quantitative estimate of drug-likeness (QED) is 0.876. The summed E-state index contributed by atoms with van der Waals surface area (Å²) in [6, 6.07) is 9.80. The van der Waals surface area contributed by atoms with E-state index in [0.29, 0.717) is 0 Å². The Labute approximate surface area is 116 Å². The average Bonchev–Trinajstić information content (AvgIpc) is 2.87. The van der Waals surface area contributed by atoms with Crippen LogP contribution < -0.4 is 5.32 Å². The first kappa shape index (κ1) is 13.1. The molecule has 0 amide bonds. The first-order valence-corrected chi connectivity index (χ1v) is 7.69. The molecule has 1 saturated carbocycles. The molecular formula is C17H25NO. The molecule has 1 atom stereocenters. The molecule has 1 aliphatic heterocycles. The van der Waals surface area contributed by atoms with E-state index in [4.69, 9.17) is 4.74 Å². The summed E-state index contributed by atoms with van der Waals surface area (Å²) < 4.78 is 5.41. The van der Waals surface area contributed by atoms with Crippen LogP contribution in [0.25, 0.3) is 0 Å². The van der Waals surface area contributed by atoms with E-state index >= 15 is 0 Å². The lowest BCUT2D eigenvalue weighted by Gasteiger charge is -2.36. The maximum atomic E-state index is 5.41. The first-order valence-electron chi connectivity index (χ1n) is 7.69. The number of rotatable bonds is 5. The topological polar surface area (TPSA) is 21.3 Å². The van der Waals surface area contributed by atoms with E-state index in [2.05, 4.69) is 36.5 Å². The van der Waals surface area contributed by atoms with Gasteiger partial charge in [0.05, 0.1) is 0 Å². The Bertz CT molecular complexity index is 388. The number of benzene rings is 1. The fourth-order valence-electron chi connectivity index (χ4n) is 3.20. The summed E-state index contributed by atoms with van der Waals surface area (Å²) in [5.41, 5.74) is 2.88. The van der Waals surface area contributed by atoms with Crippen LogP contribution >= 0.6 is 0 Å². The van der Waals surface area contributed by atoms with Crippen LogP contribution in [-0.2, 0) is 4.74 Å². The molecule has 0 aromatic heterocycles. The zero-order valence-electron chi connectivity index (χ0n) is 11.9. The average molecular weight is 259 g/mol. The van der Waals surface area contributed by atoms with E-state index in [1.165, 1.54) is 43.4 Å². The van der Waals surface area contributed by atoms with Gasteiger partial charge in [0.15, 0.2) is 0 Å². The highest BCUT2D eigenvalue weighted by Gasteiger charge is 2.29. The van der Waals surface area contributed by atoms with Gasteiger partial charge in [0.25, 0.3) is 0 Å². The fraction of sp³-hybridized carbons (Fsp3) is 0.647. The lowest BCUT2D eigenvalue weighted by Crippen LogP contribution is -2.40. The molecule has 1 aromatic carbocycles. The summed E-state index contributed by atoms with van der Waals surface area (Å²) in [5.74, 6) is 1.59. The Balaban J connectivity index is 1.34. The highest BCUT2D eigenvalue weighted by molar-refractivity contribution is 5.26. The molecule has 2 aliphatic rings. The van der Waals surface area contributed by atoms with Crippen LogP contribution in [0.15, 0.2) is 24.3 Å². The van der Waals surface area contributed by atoms with Crippen molar-refractivity contribution >= 4 is 0 Å². The van der Waals surface area contributed by atoms with Crippen LogP contribution in [0, 0.1) is 12.8 Å². The van der Waals surface area contributed by atoms with Crippen molar-refractivity contribution in [2.24, 2.45) is 5.92 Å². The first-order chi connectivity index (χ1) is 9.31. The second-order valence-electron chi connectivity index (χ2n) is 6.25. The van der Waals surface area contributed by atoms with Gasteiger partial charge in [-0.1, -0.05) is 29.8 Å². The van der Waals surface area contributed by atoms with Gasteiger partial charge >= 0.3 is 0 Å². The Hall–Kier alpha value is -0.860. The molecule has 1 N–H and O–H groups in total. The van der Waals surface area contributed by atoms with Crippen molar-refractivity contribution in [3.05, 3.63) is 35.4 Å². The predicted octanol–water partition coefficient (Wildman–Crippen LogP) is 3.26. The van der Waals surface area contributed by atoms with E-state index in [-0.39, 0.29) is 0 Å². The van der Waals surface area contributed by atoms with Gasteiger partial charge in [-0.05, 0) is 56.6 Å². The molecule has 1 heterocycles. The smallest absolute Gasteiger partial charge is 0.0495 e. The van der Waals surface area contributed by atoms with Gasteiger partial charge in [-0.3, -0.25) is 0 Å². The van der Waals surface area contributed by atoms with Crippen molar-refractivity contribution in [3.8, 4) is 0 Å². The predicted molar refractivity (Wildman–Crippen MR) is 78.5 cm³/mol. The number of hydrogen-bond acceptors (Lipinski definition) is 2. The molecule has 3 rings (SSSR count). The van der Waals surface area contributed by atoms with Crippen molar-refractivity contribution in [1.82, 2.24) is 5.32 Å². The van der Waals surface area contributed by atoms with Crippen LogP contribution in [0.1, 0.15) is 42.7 Å². The summed E-state index contributed by atoms with van der Waals surface area (Å²) >= 11 is 0. The molecule has 19 heavy (non-hydrogen) atoms. The number of ether oxygens (including phenoxy) is 1. The maximum Gasteiger partial charge on any atom is 0.0495 e. The lowest BCUT2D eigenvalue weighted by atomic mass is 9.75. The third-order valence-electron chi connectivity index (χ3n) is 4.70. The monoisotopic (exact) mass is 259 g/mol. The molecule has 0 spiro atoms. The highest BCUT2D eigenvalue weighted by atomic mass is 16.5. The molecule has 1 saturated heterocycles. The van der Waals surface area contributed by atoms with Crippen LogP contribution in [0.5, 0.6) is 0 Å². The van der Waals surface area contributed by atoms with Crippen LogP contribution in [0.3, 0.4) is 0 Å². The Kier molecular flexibility index (Phi) is 4.19.